The van der Waals surface area contributed by atoms with Gasteiger partial charge in [0.25, 0.3) is 0 Å². The molecule has 0 aromatic heterocycles. The van der Waals surface area contributed by atoms with Crippen LogP contribution in [0.25, 0.3) is 20.9 Å². The van der Waals surface area contributed by atoms with E-state index in [0.29, 0.717) is 5.56 Å². The van der Waals surface area contributed by atoms with Gasteiger partial charge in [0.15, 0.2) is 37.4 Å². The second-order valence-corrected chi connectivity index (χ2v) is 24.1. The SMILES string of the molecule is CC(=O)OC[C@H]1O[C@H](O[C@H]2[C@@H](OCc3ccccc3)[C@@H](COCc3ccccc3)O[C@@H](O[C@H]3[C@H](O[C@@H]4O[C@@H](C)[C@@H](OCc5ccccc5)[C@@H](OCc5ccccc5)[C@@H]4OCc4ccccc4)[C@@H](N=[N+]=[N-])[C@@H]4OC[C@H]3O4)[C@@H]2OCc2ccccc2)[C@H](N=[N+]=[N-])[C@@H](OC(C)=O)[C@H]1OC(C)=O. The topological polar surface area (TPSA) is 306 Å². The highest BCUT2D eigenvalue weighted by Crippen LogP contribution is 2.42. The fourth-order valence-electron chi connectivity index (χ4n) is 12.5. The molecule has 0 aliphatic carbocycles. The molecule has 6 aromatic rings. The molecule has 0 spiro atoms. The van der Waals surface area contributed by atoms with Crippen LogP contribution >= 0.6 is 0 Å². The van der Waals surface area contributed by atoms with Crippen LogP contribution < -0.4 is 0 Å². The largest absolute Gasteiger partial charge is 0.463 e. The number of ether oxygens (including phenoxy) is 17. The molecule has 0 radical (unpaired) electrons. The summed E-state index contributed by atoms with van der Waals surface area (Å²) in [6.45, 7) is 4.90. The maximum absolute atomic E-state index is 13.1. The third-order valence-electron chi connectivity index (χ3n) is 17.1. The van der Waals surface area contributed by atoms with Crippen molar-refractivity contribution in [1.29, 1.82) is 0 Å². The number of nitrogens with zero attached hydrogens (tertiary/aromatic N) is 6. The summed E-state index contributed by atoms with van der Waals surface area (Å²) in [5, 5.41) is 8.38. The van der Waals surface area contributed by atoms with Gasteiger partial charge in [-0.05, 0) is 51.4 Å². The van der Waals surface area contributed by atoms with Crippen molar-refractivity contribution in [2.45, 2.75) is 190 Å². The number of azide groups is 2. The molecule has 5 fully saturated rings. The molecule has 11 rings (SSSR count). The highest BCUT2D eigenvalue weighted by atomic mass is 16.8. The quantitative estimate of drug-likeness (QED) is 0.0128. The minimum absolute atomic E-state index is 0.0334. The first-order valence-corrected chi connectivity index (χ1v) is 32.5. The van der Waals surface area contributed by atoms with Crippen molar-refractivity contribution in [3.05, 3.63) is 236 Å². The Morgan fingerprint density at radius 2 is 0.806 bits per heavy atom. The second kappa shape index (κ2) is 35.5. The number of carbonyl (C=O) groups excluding carboxylic acids is 3. The lowest BCUT2D eigenvalue weighted by molar-refractivity contribution is -0.382. The van der Waals surface area contributed by atoms with Gasteiger partial charge in [-0.2, -0.15) is 0 Å². The highest BCUT2D eigenvalue weighted by molar-refractivity contribution is 5.68. The average Bonchev–Trinajstić information content (AvgIpc) is 1.35. The molecule has 0 N–H and O–H groups in total. The molecule has 6 aromatic carbocycles. The van der Waals surface area contributed by atoms with E-state index in [1.165, 1.54) is 6.92 Å². The van der Waals surface area contributed by atoms with E-state index >= 15 is 0 Å². The Bertz CT molecular complexity index is 3550. The fourth-order valence-corrected chi connectivity index (χ4v) is 12.5. The fraction of sp³-hybridized carbons (Fsp3) is 0.458. The zero-order chi connectivity index (χ0) is 68.2. The summed E-state index contributed by atoms with van der Waals surface area (Å²) >= 11 is 0. The van der Waals surface area contributed by atoms with Gasteiger partial charge in [0.05, 0.1) is 59.0 Å². The lowest BCUT2D eigenvalue weighted by atomic mass is 9.94. The van der Waals surface area contributed by atoms with Crippen LogP contribution in [0.2, 0.25) is 0 Å². The summed E-state index contributed by atoms with van der Waals surface area (Å²) < 4.78 is 114. The third kappa shape index (κ3) is 19.0. The van der Waals surface area contributed by atoms with Crippen LogP contribution in [0, 0.1) is 0 Å². The van der Waals surface area contributed by atoms with Gasteiger partial charge in [0.1, 0.15) is 85.8 Å². The minimum atomic E-state index is -1.74. The first kappa shape index (κ1) is 71.1. The van der Waals surface area contributed by atoms with Crippen LogP contribution in [0.5, 0.6) is 0 Å². The van der Waals surface area contributed by atoms with Gasteiger partial charge >= 0.3 is 17.9 Å². The molecule has 98 heavy (non-hydrogen) atoms. The Balaban J connectivity index is 1.02. The number of esters is 3. The molecule has 5 saturated heterocycles. The molecule has 2 bridgehead atoms. The van der Waals surface area contributed by atoms with Crippen LogP contribution in [0.3, 0.4) is 0 Å². The molecule has 26 heteroatoms. The smallest absolute Gasteiger partial charge is 0.303 e. The van der Waals surface area contributed by atoms with Gasteiger partial charge < -0.3 is 80.5 Å². The monoisotopic (exact) mass is 1350 g/mol. The first-order chi connectivity index (χ1) is 47.9. The summed E-state index contributed by atoms with van der Waals surface area (Å²) in [5.74, 6) is -2.39. The van der Waals surface area contributed by atoms with Crippen molar-refractivity contribution in [1.82, 2.24) is 0 Å². The summed E-state index contributed by atoms with van der Waals surface area (Å²) in [7, 11) is 0. The molecular weight excluding hydrogens is 1270 g/mol. The molecule has 5 aliphatic rings. The van der Waals surface area contributed by atoms with Crippen LogP contribution in [0.15, 0.2) is 192 Å². The summed E-state index contributed by atoms with van der Waals surface area (Å²) in [6, 6.07) is 54.2. The van der Waals surface area contributed by atoms with E-state index in [4.69, 9.17) is 80.5 Å². The molecule has 0 unspecified atom stereocenters. The van der Waals surface area contributed by atoms with Gasteiger partial charge in [0, 0.05) is 30.6 Å². The molecule has 0 amide bonds. The Hall–Kier alpha value is -8.21. The van der Waals surface area contributed by atoms with Gasteiger partial charge in [0.2, 0.25) is 0 Å². The van der Waals surface area contributed by atoms with E-state index in [0.717, 1.165) is 41.7 Å². The molecule has 518 valence electrons. The zero-order valence-electron chi connectivity index (χ0n) is 54.6. The second-order valence-electron chi connectivity index (χ2n) is 24.1. The van der Waals surface area contributed by atoms with Crippen molar-refractivity contribution < 1.29 is 94.9 Å². The van der Waals surface area contributed by atoms with E-state index in [1.54, 1.807) is 0 Å². The number of hydrogen-bond donors (Lipinski definition) is 0. The van der Waals surface area contributed by atoms with Crippen LogP contribution in [0.1, 0.15) is 61.1 Å². The number of hydrogen-bond acceptors (Lipinski definition) is 22. The maximum Gasteiger partial charge on any atom is 0.303 e. The normalized spacial score (nSPS) is 30.4. The molecule has 20 atom stereocenters. The van der Waals surface area contributed by atoms with Gasteiger partial charge in [-0.25, -0.2) is 0 Å². The molecule has 5 aliphatic heterocycles. The van der Waals surface area contributed by atoms with Crippen molar-refractivity contribution in [3.8, 4) is 0 Å². The van der Waals surface area contributed by atoms with Crippen LogP contribution in [0.4, 0.5) is 0 Å². The Morgan fingerprint density at radius 1 is 0.408 bits per heavy atom. The minimum Gasteiger partial charge on any atom is -0.463 e. The Morgan fingerprint density at radius 3 is 1.30 bits per heavy atom. The molecule has 5 heterocycles. The van der Waals surface area contributed by atoms with Crippen molar-refractivity contribution >= 4 is 17.9 Å². The van der Waals surface area contributed by atoms with Crippen LogP contribution in [-0.4, -0.2) is 160 Å². The van der Waals surface area contributed by atoms with Gasteiger partial charge in [-0.15, -0.1) is 0 Å². The van der Waals surface area contributed by atoms with Crippen molar-refractivity contribution in [2.75, 3.05) is 19.8 Å². The number of rotatable bonds is 31. The summed E-state index contributed by atoms with van der Waals surface area (Å²) in [5.41, 5.74) is 25.8. The van der Waals surface area contributed by atoms with E-state index in [-0.39, 0.29) is 52.9 Å². The third-order valence-corrected chi connectivity index (χ3v) is 17.1. The predicted octanol–water partition coefficient (Wildman–Crippen LogP) is 10.0. The number of benzene rings is 6. The van der Waals surface area contributed by atoms with E-state index in [9.17, 15) is 25.4 Å². The molecule has 26 nitrogen and oxygen atoms in total. The van der Waals surface area contributed by atoms with E-state index in [2.05, 4.69) is 20.1 Å². The summed E-state index contributed by atoms with van der Waals surface area (Å²) in [6.07, 6.45) is -22.4. The average molecular weight is 1350 g/mol. The standard InChI is InChI=1S/C72H80N6O20/c1-44-59(84-36-49-25-13-6-14-26-49)65(86-38-51-29-17-8-18-30-51)67(87-39-52-31-19-9-20-32-52)71(90-44)97-64-57(75-77-73)69-89-43-56(93-69)62(64)96-72-68(88-40-53-33-21-10-22-34-53)66(60(85-37-50-27-15-7-16-28-50)54(95-72)41-82-35-48-23-11-5-12-24-48)98-70-58(76-78-74)63(92-47(4)81)61(91-46(3)80)55(94-70)42-83-45(2)79/h5-34,44,54-72H,35-43H2,1-4H3/t44-,54+,55+,56+,57+,58+,59+,60-,61-,62+,63+,64+,65+,66-,67-,68+,69+,70+,71-,72-/m0/s1. The maximum atomic E-state index is 13.1. The Labute approximate surface area is 567 Å². The van der Waals surface area contributed by atoms with Crippen molar-refractivity contribution in [3.63, 3.8) is 0 Å². The van der Waals surface area contributed by atoms with E-state index in [1.807, 2.05) is 189 Å². The summed E-state index contributed by atoms with van der Waals surface area (Å²) in [4.78, 5) is 45.0. The highest BCUT2D eigenvalue weighted by Gasteiger charge is 2.60. The molecular formula is C72H80N6O20. The Kier molecular flexibility index (Phi) is 25.8. The number of carbonyl (C=O) groups is 3. The number of fused-ring (bicyclic) bond motifs is 2. The van der Waals surface area contributed by atoms with Crippen molar-refractivity contribution in [2.24, 2.45) is 10.2 Å². The first-order valence-electron chi connectivity index (χ1n) is 32.5. The van der Waals surface area contributed by atoms with Gasteiger partial charge in [-0.3, -0.25) is 14.4 Å². The van der Waals surface area contributed by atoms with Crippen LogP contribution in [-0.2, 0) is 135 Å². The zero-order valence-corrected chi connectivity index (χ0v) is 54.6. The molecule has 0 saturated carbocycles. The van der Waals surface area contributed by atoms with E-state index < -0.39 is 147 Å². The predicted molar refractivity (Wildman–Crippen MR) is 346 cm³/mol. The lowest BCUT2D eigenvalue weighted by Gasteiger charge is -2.51. The van der Waals surface area contributed by atoms with Gasteiger partial charge in [-0.1, -0.05) is 192 Å². The lowest BCUT2D eigenvalue weighted by Crippen LogP contribution is -2.67.